The van der Waals surface area contributed by atoms with Crippen LogP contribution in [0.25, 0.3) is 12.2 Å². The van der Waals surface area contributed by atoms with Crippen molar-refractivity contribution in [1.82, 2.24) is 4.98 Å². The van der Waals surface area contributed by atoms with E-state index in [2.05, 4.69) is 120 Å². The fraction of sp³-hybridized carbons (Fsp3) is 0.450. The van der Waals surface area contributed by atoms with Gasteiger partial charge in [0.05, 0.1) is 11.8 Å². The van der Waals surface area contributed by atoms with Gasteiger partial charge in [-0.1, -0.05) is 102 Å². The van der Waals surface area contributed by atoms with Gasteiger partial charge in [-0.05, 0) is 79.3 Å². The minimum Gasteiger partial charge on any atom is -0.372 e. The first-order valence-electron chi connectivity index (χ1n) is 17.5. The molecule has 3 aromatic rings. The van der Waals surface area contributed by atoms with Crippen LogP contribution in [0.4, 0.5) is 17.2 Å². The highest BCUT2D eigenvalue weighted by atomic mass is 15.5. The fourth-order valence-electron chi connectivity index (χ4n) is 5.66. The monoisotopic (exact) mass is 605 g/mol. The zero-order valence-corrected chi connectivity index (χ0v) is 28.2. The van der Waals surface area contributed by atoms with Gasteiger partial charge >= 0.3 is 0 Å². The average Bonchev–Trinajstić information content (AvgIpc) is 3.50. The lowest BCUT2D eigenvalue weighted by Gasteiger charge is -2.24. The molecule has 1 aromatic heterocycles. The molecule has 0 aliphatic carbocycles. The van der Waals surface area contributed by atoms with E-state index in [0.717, 1.165) is 44.1 Å². The van der Waals surface area contributed by atoms with Crippen LogP contribution in [0.5, 0.6) is 0 Å². The summed E-state index contributed by atoms with van der Waals surface area (Å²) >= 11 is 0. The second-order valence-electron chi connectivity index (χ2n) is 12.2. The number of rotatable bonds is 19. The molecule has 0 saturated carbocycles. The van der Waals surface area contributed by atoms with Gasteiger partial charge in [-0.3, -0.25) is 0 Å². The number of allylic oxidation sites excluding steroid dienone is 1. The molecule has 4 rings (SSSR count). The first-order valence-corrected chi connectivity index (χ1v) is 17.5. The first kappa shape index (κ1) is 34.0. The molecule has 0 bridgehead atoms. The molecule has 1 aliphatic rings. The highest BCUT2D eigenvalue weighted by Crippen LogP contribution is 2.26. The van der Waals surface area contributed by atoms with Gasteiger partial charge in [0.15, 0.2) is 0 Å². The van der Waals surface area contributed by atoms with Crippen LogP contribution in [0.15, 0.2) is 90.2 Å². The van der Waals surface area contributed by atoms with Gasteiger partial charge in [-0.25, -0.2) is 9.99 Å². The lowest BCUT2D eigenvalue weighted by molar-refractivity contribution is 0.678. The molecule has 0 N–H and O–H groups in total. The van der Waals surface area contributed by atoms with Crippen molar-refractivity contribution in [3.8, 4) is 0 Å². The number of hydrogen-bond acceptors (Lipinski definition) is 5. The summed E-state index contributed by atoms with van der Waals surface area (Å²) < 4.78 is 0. The molecule has 0 saturated heterocycles. The minimum atomic E-state index is 0.109. The summed E-state index contributed by atoms with van der Waals surface area (Å²) in [5.41, 5.74) is 6.11. The van der Waals surface area contributed by atoms with Gasteiger partial charge in [-0.2, -0.15) is 5.10 Å². The highest BCUT2D eigenvalue weighted by Gasteiger charge is 2.25. The number of hydrogen-bond donors (Lipinski definition) is 0. The lowest BCUT2D eigenvalue weighted by atomic mass is 10.1. The molecule has 1 atom stereocenters. The molecule has 2 heterocycles. The highest BCUT2D eigenvalue weighted by molar-refractivity contribution is 6.01. The molecular formula is C40H55N5. The molecule has 0 fully saturated rings. The fourth-order valence-corrected chi connectivity index (χ4v) is 5.66. The first-order chi connectivity index (χ1) is 22.1. The third-order valence-electron chi connectivity index (χ3n) is 8.47. The molecule has 5 heteroatoms. The topological polar surface area (TPSA) is 35.0 Å². The van der Waals surface area contributed by atoms with Crippen molar-refractivity contribution < 1.29 is 0 Å². The molecular weight excluding hydrogens is 550 g/mol. The normalized spacial score (nSPS) is 14.9. The van der Waals surface area contributed by atoms with Crippen LogP contribution in [0.1, 0.15) is 96.6 Å². The molecule has 1 unspecified atom stereocenters. The van der Waals surface area contributed by atoms with E-state index in [1.165, 1.54) is 73.9 Å². The largest absolute Gasteiger partial charge is 0.372 e. The summed E-state index contributed by atoms with van der Waals surface area (Å²) in [7, 11) is 0. The van der Waals surface area contributed by atoms with Crippen molar-refractivity contribution in [2.75, 3.05) is 41.0 Å². The predicted octanol–water partition coefficient (Wildman–Crippen LogP) is 10.3. The molecule has 45 heavy (non-hydrogen) atoms. The van der Waals surface area contributed by atoms with Crippen LogP contribution >= 0.6 is 0 Å². The third-order valence-corrected chi connectivity index (χ3v) is 8.47. The van der Waals surface area contributed by atoms with E-state index >= 15 is 0 Å². The van der Waals surface area contributed by atoms with E-state index in [0.29, 0.717) is 0 Å². The average molecular weight is 606 g/mol. The number of anilines is 3. The standard InChI is InChI=1S/C40H55N5/c1-5-9-29-43(30-10-6-2)37-23-17-34(18-24-37)16-22-36-33-39(45(42-36)40-15-13-14-28-41-40)27-21-35-19-25-38(26-20-35)44(31-11-7-3)32-12-8-4/h13-28,39H,5-12,29-33H2,1-4H3. The Hall–Kier alpha value is -3.86. The van der Waals surface area contributed by atoms with Crippen LogP contribution < -0.4 is 14.8 Å². The Morgan fingerprint density at radius 2 is 1.16 bits per heavy atom. The summed E-state index contributed by atoms with van der Waals surface area (Å²) in [5.74, 6) is 0.872. The zero-order chi connectivity index (χ0) is 31.7. The van der Waals surface area contributed by atoms with E-state index in [1.807, 2.05) is 24.4 Å². The number of pyridine rings is 1. The van der Waals surface area contributed by atoms with Crippen LogP contribution in [0, 0.1) is 0 Å². The lowest BCUT2D eigenvalue weighted by Crippen LogP contribution is -2.25. The number of unbranched alkanes of at least 4 members (excludes halogenated alkanes) is 4. The SMILES string of the molecule is CCCCN(CCCC)c1ccc(C=CC2=NN(c3ccccn3)C(C=Cc3ccc(N(CCCC)CCCC)cc3)C2)cc1. The van der Waals surface area contributed by atoms with Gasteiger partial charge < -0.3 is 9.80 Å². The van der Waals surface area contributed by atoms with Crippen LogP contribution in [-0.2, 0) is 0 Å². The van der Waals surface area contributed by atoms with E-state index in [1.54, 1.807) is 0 Å². The Kier molecular flexibility index (Phi) is 14.2. The summed E-state index contributed by atoms with van der Waals surface area (Å²) in [6, 6.07) is 24.2. The Morgan fingerprint density at radius 3 is 1.62 bits per heavy atom. The van der Waals surface area contributed by atoms with Gasteiger partial charge in [0.25, 0.3) is 0 Å². The van der Waals surface area contributed by atoms with Crippen molar-refractivity contribution in [3.05, 3.63) is 96.2 Å². The Bertz CT molecular complexity index is 1310. The minimum absolute atomic E-state index is 0.109. The number of nitrogens with zero attached hydrogens (tertiary/aromatic N) is 5. The molecule has 1 aliphatic heterocycles. The summed E-state index contributed by atoms with van der Waals surface area (Å²) in [4.78, 5) is 9.69. The Labute approximate surface area is 273 Å². The van der Waals surface area contributed by atoms with Crippen molar-refractivity contribution in [2.24, 2.45) is 5.10 Å². The van der Waals surface area contributed by atoms with Crippen molar-refractivity contribution in [1.29, 1.82) is 0 Å². The van der Waals surface area contributed by atoms with E-state index in [-0.39, 0.29) is 6.04 Å². The van der Waals surface area contributed by atoms with E-state index in [4.69, 9.17) is 5.10 Å². The Morgan fingerprint density at radius 1 is 0.644 bits per heavy atom. The van der Waals surface area contributed by atoms with Crippen molar-refractivity contribution >= 4 is 35.1 Å². The Balaban J connectivity index is 1.45. The maximum absolute atomic E-state index is 5.01. The van der Waals surface area contributed by atoms with E-state index < -0.39 is 0 Å². The second-order valence-corrected chi connectivity index (χ2v) is 12.2. The van der Waals surface area contributed by atoms with Crippen LogP contribution in [0.3, 0.4) is 0 Å². The van der Waals surface area contributed by atoms with Gasteiger partial charge in [0.2, 0.25) is 0 Å². The molecule has 0 amide bonds. The predicted molar refractivity (Wildman–Crippen MR) is 198 cm³/mol. The van der Waals surface area contributed by atoms with Gasteiger partial charge in [0.1, 0.15) is 5.82 Å². The smallest absolute Gasteiger partial charge is 0.149 e. The second kappa shape index (κ2) is 18.8. The summed E-state index contributed by atoms with van der Waals surface area (Å²) in [6.45, 7) is 13.6. The molecule has 0 radical (unpaired) electrons. The molecule has 2 aromatic carbocycles. The van der Waals surface area contributed by atoms with E-state index in [9.17, 15) is 0 Å². The van der Waals surface area contributed by atoms with Crippen molar-refractivity contribution in [3.63, 3.8) is 0 Å². The zero-order valence-electron chi connectivity index (χ0n) is 28.2. The maximum atomic E-state index is 5.01. The molecule has 5 nitrogen and oxygen atoms in total. The van der Waals surface area contributed by atoms with Crippen molar-refractivity contribution in [2.45, 2.75) is 91.5 Å². The number of aromatic nitrogens is 1. The maximum Gasteiger partial charge on any atom is 0.149 e. The number of benzene rings is 2. The summed E-state index contributed by atoms with van der Waals surface area (Å²) in [5, 5.41) is 7.07. The van der Waals surface area contributed by atoms with Crippen LogP contribution in [0.2, 0.25) is 0 Å². The van der Waals surface area contributed by atoms with Gasteiger partial charge in [0, 0.05) is 50.2 Å². The quantitative estimate of drug-likeness (QED) is 0.136. The summed E-state index contributed by atoms with van der Waals surface area (Å²) in [6.07, 6.45) is 21.4. The van der Waals surface area contributed by atoms with Gasteiger partial charge in [-0.15, -0.1) is 0 Å². The molecule has 0 spiro atoms. The third kappa shape index (κ3) is 10.6. The number of hydrazone groups is 1. The molecule has 240 valence electrons. The van der Waals surface area contributed by atoms with Crippen LogP contribution in [-0.4, -0.2) is 42.9 Å².